The third kappa shape index (κ3) is 2.07. The maximum Gasteiger partial charge on any atom is 0.321 e. The fourth-order valence-electron chi connectivity index (χ4n) is 0.0183. The first-order chi connectivity index (χ1) is 3.12. The van der Waals surface area contributed by atoms with Crippen LogP contribution in [0.15, 0.2) is 4.95 Å². The molecule has 0 radical (unpaired) electrons. The molecule has 0 aromatic rings. The third-order valence-corrected chi connectivity index (χ3v) is 1.02. The van der Waals surface area contributed by atoms with Crippen LogP contribution in [-0.2, 0) is 4.57 Å². The second-order valence-electron chi connectivity index (χ2n) is 1.06. The van der Waals surface area contributed by atoms with Crippen LogP contribution >= 0.6 is 7.29 Å². The molecule has 0 aromatic heterocycles. The largest absolute Gasteiger partial charge is 0.321 e. The van der Waals surface area contributed by atoms with Crippen LogP contribution in [0.25, 0.3) is 0 Å². The predicted molar refractivity (Wildman–Crippen MR) is 24.9 cm³/mol. The number of hydrogen-bond donors (Lipinski definition) is 0. The minimum Gasteiger partial charge on any atom is -0.279 e. The summed E-state index contributed by atoms with van der Waals surface area (Å²) in [5.41, 5.74) is 0. The molecule has 4 nitrogen and oxygen atoms in total. The summed E-state index contributed by atoms with van der Waals surface area (Å²) in [6.07, 6.45) is 0. The smallest absolute Gasteiger partial charge is 0.279 e. The Balaban J connectivity index is 4.23. The Bertz CT molecular complexity index is 158. The van der Waals surface area contributed by atoms with E-state index in [1.54, 1.807) is 0 Å². The molecular weight excluding hydrogens is 115 g/mol. The van der Waals surface area contributed by atoms with Gasteiger partial charge >= 0.3 is 7.29 Å². The van der Waals surface area contributed by atoms with E-state index in [1.165, 1.54) is 5.81 Å². The van der Waals surface area contributed by atoms with Gasteiger partial charge in [-0.25, -0.2) is 0 Å². The van der Waals surface area contributed by atoms with Crippen molar-refractivity contribution < 1.29 is 4.57 Å². The standard InChI is InChI=1S/C2H3N2O2P/c1-7(6,2-3)4-5/h1H3. The van der Waals surface area contributed by atoms with Crippen molar-refractivity contribution in [2.75, 3.05) is 6.66 Å². The molecule has 0 rings (SSSR count). The molecule has 7 heavy (non-hydrogen) atoms. The van der Waals surface area contributed by atoms with Crippen molar-refractivity contribution >= 4 is 7.29 Å². The van der Waals surface area contributed by atoms with E-state index in [0.717, 1.165) is 6.66 Å². The predicted octanol–water partition coefficient (Wildman–Crippen LogP) is 1.14. The van der Waals surface area contributed by atoms with Crippen LogP contribution in [0.2, 0.25) is 0 Å². The summed E-state index contributed by atoms with van der Waals surface area (Å²) in [4.78, 5) is 11.4. The molecule has 1 unspecified atom stereocenters. The van der Waals surface area contributed by atoms with Crippen molar-refractivity contribution in [1.82, 2.24) is 0 Å². The molecule has 5 heteroatoms. The Kier molecular flexibility index (Phi) is 1.67. The molecule has 0 amide bonds. The minimum absolute atomic E-state index is 1.01. The normalized spacial score (nSPS) is 16.6. The molecule has 0 aliphatic carbocycles. The summed E-state index contributed by atoms with van der Waals surface area (Å²) in [6.45, 7) is 1.01. The highest BCUT2D eigenvalue weighted by Crippen LogP contribution is 2.39. The number of nitroso groups, excluding NO2 is 1. The highest BCUT2D eigenvalue weighted by molar-refractivity contribution is 7.66. The van der Waals surface area contributed by atoms with Gasteiger partial charge in [0, 0.05) is 11.6 Å². The van der Waals surface area contributed by atoms with Crippen LogP contribution < -0.4 is 0 Å². The van der Waals surface area contributed by atoms with Crippen molar-refractivity contribution in [3.05, 3.63) is 4.91 Å². The maximum atomic E-state index is 10.1. The maximum absolute atomic E-state index is 10.1. The molecule has 0 saturated carbocycles. The Morgan fingerprint density at radius 2 is 2.29 bits per heavy atom. The molecule has 0 fully saturated rings. The van der Waals surface area contributed by atoms with Crippen LogP contribution in [0.3, 0.4) is 0 Å². The first-order valence-corrected chi connectivity index (χ1v) is 3.57. The second kappa shape index (κ2) is 1.85. The van der Waals surface area contributed by atoms with Crippen LogP contribution in [0, 0.1) is 16.0 Å². The summed E-state index contributed by atoms with van der Waals surface area (Å²) in [5, 5.41) is 7.79. The van der Waals surface area contributed by atoms with Crippen LogP contribution in [0.5, 0.6) is 0 Å². The molecule has 0 saturated heterocycles. The van der Waals surface area contributed by atoms with Gasteiger partial charge in [0.15, 0.2) is 5.81 Å². The van der Waals surface area contributed by atoms with Gasteiger partial charge in [-0.05, 0) is 0 Å². The van der Waals surface area contributed by atoms with E-state index >= 15 is 0 Å². The topological polar surface area (TPSA) is 70.3 Å². The SMILES string of the molecule is CP(=O)(C#N)N=O. The lowest BCUT2D eigenvalue weighted by Crippen LogP contribution is -1.59. The Morgan fingerprint density at radius 3 is 2.29 bits per heavy atom. The van der Waals surface area contributed by atoms with Gasteiger partial charge < -0.3 is 0 Å². The fraction of sp³-hybridized carbons (Fsp3) is 0.500. The van der Waals surface area contributed by atoms with Crippen LogP contribution in [0.1, 0.15) is 0 Å². The molecule has 1 atom stereocenters. The lowest BCUT2D eigenvalue weighted by Gasteiger charge is -1.80. The molecule has 0 spiro atoms. The lowest BCUT2D eigenvalue weighted by atomic mass is 11.8. The monoisotopic (exact) mass is 118 g/mol. The number of nitrogens with zero attached hydrogens (tertiary/aromatic N) is 2. The third-order valence-electron chi connectivity index (χ3n) is 0.341. The fourth-order valence-corrected chi connectivity index (χ4v) is 0.0548. The summed E-state index contributed by atoms with van der Waals surface area (Å²) in [6, 6.07) is 0. The van der Waals surface area contributed by atoms with Crippen molar-refractivity contribution in [3.63, 3.8) is 0 Å². The van der Waals surface area contributed by atoms with Gasteiger partial charge in [-0.2, -0.15) is 5.26 Å². The van der Waals surface area contributed by atoms with Gasteiger partial charge in [0.1, 0.15) is 0 Å². The Morgan fingerprint density at radius 1 is 1.86 bits per heavy atom. The van der Waals surface area contributed by atoms with Gasteiger partial charge in [-0.3, -0.25) is 4.57 Å². The van der Waals surface area contributed by atoms with E-state index in [0.29, 0.717) is 0 Å². The van der Waals surface area contributed by atoms with Crippen molar-refractivity contribution in [2.45, 2.75) is 0 Å². The molecule has 0 aromatic carbocycles. The van der Waals surface area contributed by atoms with Gasteiger partial charge in [-0.1, -0.05) is 0 Å². The molecule has 38 valence electrons. The van der Waals surface area contributed by atoms with Gasteiger partial charge in [0.2, 0.25) is 0 Å². The molecule has 0 N–H and O–H groups in total. The molecule has 0 aliphatic heterocycles. The lowest BCUT2D eigenvalue weighted by molar-refractivity contribution is 0.586. The molecule has 0 bridgehead atoms. The zero-order valence-electron chi connectivity index (χ0n) is 3.66. The van der Waals surface area contributed by atoms with Crippen molar-refractivity contribution in [1.29, 1.82) is 5.26 Å². The first-order valence-electron chi connectivity index (χ1n) is 1.46. The number of nitriles is 1. The van der Waals surface area contributed by atoms with Gasteiger partial charge in [0.25, 0.3) is 0 Å². The number of hydrogen-bond acceptors (Lipinski definition) is 3. The highest BCUT2D eigenvalue weighted by atomic mass is 31.2. The van der Waals surface area contributed by atoms with Gasteiger partial charge in [-0.15, -0.1) is 4.91 Å². The van der Waals surface area contributed by atoms with E-state index < -0.39 is 7.29 Å². The van der Waals surface area contributed by atoms with Crippen molar-refractivity contribution in [2.24, 2.45) is 4.95 Å². The van der Waals surface area contributed by atoms with Crippen LogP contribution in [0.4, 0.5) is 0 Å². The van der Waals surface area contributed by atoms with Crippen molar-refractivity contribution in [3.8, 4) is 5.81 Å². The van der Waals surface area contributed by atoms with E-state index in [9.17, 15) is 9.47 Å². The van der Waals surface area contributed by atoms with Gasteiger partial charge in [0.05, 0.1) is 0 Å². The number of rotatable bonds is 1. The van der Waals surface area contributed by atoms with E-state index in [4.69, 9.17) is 5.26 Å². The average molecular weight is 118 g/mol. The minimum atomic E-state index is -3.28. The van der Waals surface area contributed by atoms with E-state index in [-0.39, 0.29) is 0 Å². The Labute approximate surface area is 40.5 Å². The zero-order valence-corrected chi connectivity index (χ0v) is 4.55. The molecule has 0 heterocycles. The molecular formula is C2H3N2O2P. The summed E-state index contributed by atoms with van der Waals surface area (Å²) >= 11 is 0. The summed E-state index contributed by atoms with van der Waals surface area (Å²) in [7, 11) is -3.28. The van der Waals surface area contributed by atoms with Crippen LogP contribution in [-0.4, -0.2) is 6.66 Å². The summed E-state index contributed by atoms with van der Waals surface area (Å²) < 4.78 is 10.1. The molecule has 0 aliphatic rings. The average Bonchev–Trinajstić information content (AvgIpc) is 1.68. The highest BCUT2D eigenvalue weighted by Gasteiger charge is 2.10. The zero-order chi connectivity index (χ0) is 5.91. The Hall–Kier alpha value is -0.680. The van der Waals surface area contributed by atoms with E-state index in [2.05, 4.69) is 4.95 Å². The second-order valence-corrected chi connectivity index (χ2v) is 3.18. The first kappa shape index (κ1) is 6.32. The van der Waals surface area contributed by atoms with E-state index in [1.807, 2.05) is 0 Å². The summed E-state index contributed by atoms with van der Waals surface area (Å²) in [5.74, 6) is 1.27. The quantitative estimate of drug-likeness (QED) is 0.382.